The molecular weight excluding hydrogens is 303 g/mol. The molecule has 1 saturated carbocycles. The van der Waals surface area contributed by atoms with Gasteiger partial charge in [0.1, 0.15) is 5.82 Å². The molecule has 0 aromatic heterocycles. The van der Waals surface area contributed by atoms with Crippen LogP contribution in [0.25, 0.3) is 0 Å². The van der Waals surface area contributed by atoms with E-state index in [1.54, 1.807) is 0 Å². The zero-order chi connectivity index (χ0) is 17.0. The molecule has 3 atom stereocenters. The van der Waals surface area contributed by atoms with Gasteiger partial charge in [-0.15, -0.1) is 0 Å². The minimum atomic E-state index is -0.940. The first-order chi connectivity index (χ1) is 10.9. The van der Waals surface area contributed by atoms with Crippen LogP contribution < -0.4 is 10.1 Å². The van der Waals surface area contributed by atoms with Crippen LogP contribution in [0.15, 0.2) is 18.2 Å². The Morgan fingerprint density at radius 3 is 2.78 bits per heavy atom. The van der Waals surface area contributed by atoms with E-state index in [2.05, 4.69) is 12.2 Å². The fourth-order valence-electron chi connectivity index (χ4n) is 2.81. The molecule has 0 bridgehead atoms. The van der Waals surface area contributed by atoms with Gasteiger partial charge in [0.05, 0.1) is 4.92 Å². The summed E-state index contributed by atoms with van der Waals surface area (Å²) < 4.78 is 18.6. The molecule has 1 aromatic carbocycles. The lowest BCUT2D eigenvalue weighted by Gasteiger charge is -2.30. The number of nitro groups is 1. The van der Waals surface area contributed by atoms with Crippen LogP contribution in [-0.2, 0) is 4.79 Å². The molecule has 23 heavy (non-hydrogen) atoms. The van der Waals surface area contributed by atoms with E-state index < -0.39 is 16.8 Å². The van der Waals surface area contributed by atoms with Crippen LogP contribution in [0.1, 0.15) is 39.5 Å². The Morgan fingerprint density at radius 1 is 1.43 bits per heavy atom. The molecule has 0 radical (unpaired) electrons. The summed E-state index contributed by atoms with van der Waals surface area (Å²) in [5.41, 5.74) is -0.364. The van der Waals surface area contributed by atoms with Crippen molar-refractivity contribution in [3.63, 3.8) is 0 Å². The van der Waals surface area contributed by atoms with Gasteiger partial charge in [-0.05, 0) is 31.7 Å². The maximum absolute atomic E-state index is 13.3. The SMILES string of the molecule is C[C@@H]1CCCC[C@@H]1NC(=O)[C@@H](C)Oc1cc(F)ccc1[N+](=O)[O-]. The summed E-state index contributed by atoms with van der Waals surface area (Å²) in [4.78, 5) is 22.5. The maximum atomic E-state index is 13.3. The van der Waals surface area contributed by atoms with Gasteiger partial charge in [-0.3, -0.25) is 14.9 Å². The summed E-state index contributed by atoms with van der Waals surface area (Å²) in [6.07, 6.45) is 3.27. The summed E-state index contributed by atoms with van der Waals surface area (Å²) >= 11 is 0. The lowest BCUT2D eigenvalue weighted by atomic mass is 9.86. The Hall–Kier alpha value is -2.18. The molecule has 1 N–H and O–H groups in total. The number of amides is 1. The van der Waals surface area contributed by atoms with Crippen LogP contribution in [0.5, 0.6) is 5.75 Å². The van der Waals surface area contributed by atoms with E-state index in [0.29, 0.717) is 5.92 Å². The average Bonchev–Trinajstić information content (AvgIpc) is 2.49. The van der Waals surface area contributed by atoms with E-state index in [9.17, 15) is 19.3 Å². The van der Waals surface area contributed by atoms with Gasteiger partial charge in [0.25, 0.3) is 5.91 Å². The van der Waals surface area contributed by atoms with Crippen molar-refractivity contribution >= 4 is 11.6 Å². The maximum Gasteiger partial charge on any atom is 0.311 e. The number of nitrogens with zero attached hydrogens (tertiary/aromatic N) is 1. The van der Waals surface area contributed by atoms with Gasteiger partial charge in [0.15, 0.2) is 6.10 Å². The number of nitrogens with one attached hydrogen (secondary N) is 1. The van der Waals surface area contributed by atoms with Crippen LogP contribution in [0.4, 0.5) is 10.1 Å². The fraction of sp³-hybridized carbons (Fsp3) is 0.562. The predicted octanol–water partition coefficient (Wildman–Crippen LogP) is 3.20. The van der Waals surface area contributed by atoms with Gasteiger partial charge in [-0.2, -0.15) is 0 Å². The molecule has 0 aliphatic heterocycles. The van der Waals surface area contributed by atoms with Gasteiger partial charge in [-0.25, -0.2) is 4.39 Å². The molecule has 7 heteroatoms. The number of hydrogen-bond acceptors (Lipinski definition) is 4. The summed E-state index contributed by atoms with van der Waals surface area (Å²) in [7, 11) is 0. The van der Waals surface area contributed by atoms with Gasteiger partial charge in [0, 0.05) is 18.2 Å². The standard InChI is InChI=1S/C16H21FN2O4/c1-10-5-3-4-6-13(10)18-16(20)11(2)23-15-9-12(17)7-8-14(15)19(21)22/h7-11,13H,3-6H2,1-2H3,(H,18,20)/t10-,11-,13+/m1/s1. The highest BCUT2D eigenvalue weighted by molar-refractivity contribution is 5.81. The molecular formula is C16H21FN2O4. The first-order valence-electron chi connectivity index (χ1n) is 7.79. The van der Waals surface area contributed by atoms with Crippen molar-refractivity contribution in [1.29, 1.82) is 0 Å². The number of nitro benzene ring substituents is 1. The summed E-state index contributed by atoms with van der Waals surface area (Å²) in [5, 5.41) is 13.9. The number of rotatable bonds is 5. The van der Waals surface area contributed by atoms with Crippen molar-refractivity contribution in [3.8, 4) is 5.75 Å². The second-order valence-corrected chi connectivity index (χ2v) is 6.01. The molecule has 1 aliphatic rings. The zero-order valence-corrected chi connectivity index (χ0v) is 13.3. The lowest BCUT2D eigenvalue weighted by molar-refractivity contribution is -0.386. The van der Waals surface area contributed by atoms with Gasteiger partial charge >= 0.3 is 5.69 Å². The van der Waals surface area contributed by atoms with Crippen molar-refractivity contribution in [1.82, 2.24) is 5.32 Å². The Bertz CT molecular complexity index is 593. The summed E-state index contributed by atoms with van der Waals surface area (Å²) in [6, 6.07) is 3.02. The summed E-state index contributed by atoms with van der Waals surface area (Å²) in [6.45, 7) is 3.59. The van der Waals surface area contributed by atoms with E-state index in [0.717, 1.165) is 43.9 Å². The number of halogens is 1. The molecule has 1 aliphatic carbocycles. The largest absolute Gasteiger partial charge is 0.474 e. The van der Waals surface area contributed by atoms with E-state index in [1.165, 1.54) is 6.92 Å². The molecule has 2 rings (SSSR count). The highest BCUT2D eigenvalue weighted by atomic mass is 19.1. The summed E-state index contributed by atoms with van der Waals surface area (Å²) in [5.74, 6) is -0.848. The highest BCUT2D eigenvalue weighted by Gasteiger charge is 2.27. The molecule has 0 heterocycles. The highest BCUT2D eigenvalue weighted by Crippen LogP contribution is 2.29. The van der Waals surface area contributed by atoms with Gasteiger partial charge in [-0.1, -0.05) is 19.8 Å². The predicted molar refractivity (Wildman–Crippen MR) is 82.7 cm³/mol. The van der Waals surface area contributed by atoms with Crippen molar-refractivity contribution in [3.05, 3.63) is 34.1 Å². The third-order valence-corrected chi connectivity index (χ3v) is 4.23. The monoisotopic (exact) mass is 324 g/mol. The second kappa shape index (κ2) is 7.39. The molecule has 1 amide bonds. The Kier molecular flexibility index (Phi) is 5.52. The fourth-order valence-corrected chi connectivity index (χ4v) is 2.81. The van der Waals surface area contributed by atoms with Gasteiger partial charge < -0.3 is 10.1 Å². The lowest BCUT2D eigenvalue weighted by Crippen LogP contribution is -2.46. The Balaban J connectivity index is 2.03. The Labute approximate surface area is 134 Å². The van der Waals surface area contributed by atoms with Crippen molar-refractivity contribution in [2.24, 2.45) is 5.92 Å². The van der Waals surface area contributed by atoms with Crippen molar-refractivity contribution in [2.75, 3.05) is 0 Å². The number of carbonyl (C=O) groups is 1. The number of ether oxygens (including phenoxy) is 1. The van der Waals surface area contributed by atoms with Crippen LogP contribution in [0.3, 0.4) is 0 Å². The van der Waals surface area contributed by atoms with Crippen LogP contribution in [0.2, 0.25) is 0 Å². The topological polar surface area (TPSA) is 81.5 Å². The average molecular weight is 324 g/mol. The zero-order valence-electron chi connectivity index (χ0n) is 13.3. The molecule has 1 fully saturated rings. The van der Waals surface area contributed by atoms with E-state index in [-0.39, 0.29) is 23.4 Å². The third-order valence-electron chi connectivity index (χ3n) is 4.23. The van der Waals surface area contributed by atoms with Crippen molar-refractivity contribution in [2.45, 2.75) is 51.7 Å². The normalized spacial score (nSPS) is 22.2. The van der Waals surface area contributed by atoms with E-state index in [4.69, 9.17) is 4.74 Å². The molecule has 0 spiro atoms. The third kappa shape index (κ3) is 4.40. The van der Waals surface area contributed by atoms with E-state index >= 15 is 0 Å². The van der Waals surface area contributed by atoms with E-state index in [1.807, 2.05) is 0 Å². The second-order valence-electron chi connectivity index (χ2n) is 6.01. The minimum absolute atomic E-state index is 0.0878. The Morgan fingerprint density at radius 2 is 2.13 bits per heavy atom. The molecule has 126 valence electrons. The number of benzene rings is 1. The number of carbonyl (C=O) groups excluding carboxylic acids is 1. The molecule has 0 unspecified atom stereocenters. The van der Waals surface area contributed by atoms with Gasteiger partial charge in [0.2, 0.25) is 5.75 Å². The first kappa shape index (κ1) is 17.2. The first-order valence-corrected chi connectivity index (χ1v) is 7.79. The molecule has 6 nitrogen and oxygen atoms in total. The number of hydrogen-bond donors (Lipinski definition) is 1. The van der Waals surface area contributed by atoms with Crippen LogP contribution in [0, 0.1) is 21.8 Å². The van der Waals surface area contributed by atoms with Crippen molar-refractivity contribution < 1.29 is 18.8 Å². The quantitative estimate of drug-likeness (QED) is 0.666. The van der Waals surface area contributed by atoms with Crippen LogP contribution in [-0.4, -0.2) is 23.0 Å². The minimum Gasteiger partial charge on any atom is -0.474 e. The smallest absolute Gasteiger partial charge is 0.311 e. The van der Waals surface area contributed by atoms with Crippen LogP contribution >= 0.6 is 0 Å². The molecule has 0 saturated heterocycles. The molecule has 1 aromatic rings.